The van der Waals surface area contributed by atoms with Crippen LogP contribution in [-0.2, 0) is 6.54 Å². The van der Waals surface area contributed by atoms with E-state index in [2.05, 4.69) is 31.7 Å². The van der Waals surface area contributed by atoms with Crippen LogP contribution in [0, 0.1) is 6.92 Å². The molecule has 1 fully saturated rings. The second-order valence-electron chi connectivity index (χ2n) is 5.18. The maximum Gasteiger partial charge on any atom is 0.136 e. The van der Waals surface area contributed by atoms with E-state index in [1.165, 1.54) is 12.8 Å². The van der Waals surface area contributed by atoms with Gasteiger partial charge in [0.05, 0.1) is 0 Å². The summed E-state index contributed by atoms with van der Waals surface area (Å²) in [5, 5.41) is 6.44. The third-order valence-electron chi connectivity index (χ3n) is 3.39. The Kier molecular flexibility index (Phi) is 3.50. The molecule has 0 bridgehead atoms. The van der Waals surface area contributed by atoms with Crippen molar-refractivity contribution in [2.75, 3.05) is 17.7 Å². The number of nitrogens with zero attached hydrogens (tertiary/aromatic N) is 3. The molecule has 0 radical (unpaired) electrons. The topological polar surface area (TPSA) is 62.7 Å². The van der Waals surface area contributed by atoms with Crippen LogP contribution in [0.4, 0.5) is 11.6 Å². The average Bonchev–Trinajstić information content (AvgIpc) is 3.31. The molecule has 0 unspecified atom stereocenters. The predicted octanol–water partition coefficient (Wildman–Crippen LogP) is 2.71. The molecule has 0 spiro atoms. The van der Waals surface area contributed by atoms with Gasteiger partial charge in [0.25, 0.3) is 0 Å². The minimum atomic E-state index is 0.546. The SMILES string of the molecule is CNc1cc(NCc2ccc(C)nc2)nc(C2CC2)n1. The third kappa shape index (κ3) is 3.04. The Hall–Kier alpha value is -2.17. The highest BCUT2D eigenvalue weighted by atomic mass is 15.1. The van der Waals surface area contributed by atoms with Gasteiger partial charge in [0.2, 0.25) is 0 Å². The fourth-order valence-electron chi connectivity index (χ4n) is 2.00. The minimum Gasteiger partial charge on any atom is -0.373 e. The molecule has 0 saturated heterocycles. The first-order valence-electron chi connectivity index (χ1n) is 6.97. The smallest absolute Gasteiger partial charge is 0.136 e. The van der Waals surface area contributed by atoms with E-state index in [1.54, 1.807) is 0 Å². The third-order valence-corrected chi connectivity index (χ3v) is 3.39. The van der Waals surface area contributed by atoms with Gasteiger partial charge in [-0.1, -0.05) is 6.07 Å². The minimum absolute atomic E-state index is 0.546. The molecule has 2 aromatic heterocycles. The monoisotopic (exact) mass is 269 g/mol. The molecule has 5 heteroatoms. The normalized spacial score (nSPS) is 14.1. The van der Waals surface area contributed by atoms with Crippen molar-refractivity contribution in [2.45, 2.75) is 32.2 Å². The highest BCUT2D eigenvalue weighted by Gasteiger charge is 2.27. The first-order valence-corrected chi connectivity index (χ1v) is 6.97. The molecule has 0 amide bonds. The molecule has 5 nitrogen and oxygen atoms in total. The maximum absolute atomic E-state index is 4.59. The van der Waals surface area contributed by atoms with Crippen molar-refractivity contribution in [1.29, 1.82) is 0 Å². The number of nitrogens with one attached hydrogen (secondary N) is 2. The number of anilines is 2. The van der Waals surface area contributed by atoms with E-state index < -0.39 is 0 Å². The van der Waals surface area contributed by atoms with Gasteiger partial charge in [-0.05, 0) is 31.4 Å². The standard InChI is InChI=1S/C15H19N5/c1-10-3-4-11(8-17-10)9-18-14-7-13(16-2)19-15(20-14)12-5-6-12/h3-4,7-8,12H,5-6,9H2,1-2H3,(H2,16,18,19,20). The molecular formula is C15H19N5. The largest absolute Gasteiger partial charge is 0.373 e. The first-order chi connectivity index (χ1) is 9.74. The lowest BCUT2D eigenvalue weighted by atomic mass is 10.2. The summed E-state index contributed by atoms with van der Waals surface area (Å²) in [6, 6.07) is 6.04. The molecule has 1 saturated carbocycles. The van der Waals surface area contributed by atoms with E-state index in [9.17, 15) is 0 Å². The van der Waals surface area contributed by atoms with Crippen molar-refractivity contribution in [1.82, 2.24) is 15.0 Å². The Labute approximate surface area is 118 Å². The number of aromatic nitrogens is 3. The molecule has 3 rings (SSSR count). The molecule has 0 atom stereocenters. The molecule has 0 aromatic carbocycles. The van der Waals surface area contributed by atoms with Gasteiger partial charge in [0.15, 0.2) is 0 Å². The van der Waals surface area contributed by atoms with Crippen LogP contribution in [0.1, 0.15) is 35.8 Å². The quantitative estimate of drug-likeness (QED) is 0.874. The van der Waals surface area contributed by atoms with Crippen molar-refractivity contribution in [3.63, 3.8) is 0 Å². The van der Waals surface area contributed by atoms with Gasteiger partial charge in [0.1, 0.15) is 17.5 Å². The van der Waals surface area contributed by atoms with E-state index in [0.717, 1.165) is 35.3 Å². The Morgan fingerprint density at radius 3 is 2.65 bits per heavy atom. The summed E-state index contributed by atoms with van der Waals surface area (Å²) in [5.74, 6) is 3.23. The average molecular weight is 269 g/mol. The molecule has 0 aliphatic heterocycles. The Bertz CT molecular complexity index is 590. The fourth-order valence-corrected chi connectivity index (χ4v) is 2.00. The van der Waals surface area contributed by atoms with Crippen LogP contribution in [0.2, 0.25) is 0 Å². The van der Waals surface area contributed by atoms with Crippen LogP contribution < -0.4 is 10.6 Å². The van der Waals surface area contributed by atoms with E-state index >= 15 is 0 Å². The number of hydrogen-bond acceptors (Lipinski definition) is 5. The lowest BCUT2D eigenvalue weighted by molar-refractivity contribution is 0.922. The zero-order chi connectivity index (χ0) is 13.9. The molecular weight excluding hydrogens is 250 g/mol. The van der Waals surface area contributed by atoms with E-state index in [4.69, 9.17) is 0 Å². The number of pyridine rings is 1. The molecule has 20 heavy (non-hydrogen) atoms. The molecule has 104 valence electrons. The van der Waals surface area contributed by atoms with Crippen LogP contribution in [-0.4, -0.2) is 22.0 Å². The maximum atomic E-state index is 4.59. The fraction of sp³-hybridized carbons (Fsp3) is 0.400. The van der Waals surface area contributed by atoms with Crippen LogP contribution >= 0.6 is 0 Å². The second-order valence-corrected chi connectivity index (χ2v) is 5.18. The molecule has 2 heterocycles. The number of hydrogen-bond donors (Lipinski definition) is 2. The summed E-state index contributed by atoms with van der Waals surface area (Å²) in [7, 11) is 1.88. The van der Waals surface area contributed by atoms with Crippen LogP contribution in [0.3, 0.4) is 0 Å². The Morgan fingerprint density at radius 1 is 1.20 bits per heavy atom. The summed E-state index contributed by atoms with van der Waals surface area (Å²) < 4.78 is 0. The van der Waals surface area contributed by atoms with Crippen molar-refractivity contribution < 1.29 is 0 Å². The van der Waals surface area contributed by atoms with E-state index in [1.807, 2.05) is 32.3 Å². The van der Waals surface area contributed by atoms with Crippen molar-refractivity contribution >= 4 is 11.6 Å². The summed E-state index contributed by atoms with van der Waals surface area (Å²) in [6.07, 6.45) is 4.30. The summed E-state index contributed by atoms with van der Waals surface area (Å²) in [5.41, 5.74) is 2.18. The molecule has 1 aliphatic rings. The van der Waals surface area contributed by atoms with Crippen molar-refractivity contribution in [3.05, 3.63) is 41.5 Å². The van der Waals surface area contributed by atoms with E-state index in [-0.39, 0.29) is 0 Å². The summed E-state index contributed by atoms with van der Waals surface area (Å²) in [4.78, 5) is 13.4. The van der Waals surface area contributed by atoms with Crippen LogP contribution in [0.15, 0.2) is 24.4 Å². The highest BCUT2D eigenvalue weighted by molar-refractivity contribution is 5.48. The number of aryl methyl sites for hydroxylation is 1. The Morgan fingerprint density at radius 2 is 2.00 bits per heavy atom. The zero-order valence-corrected chi connectivity index (χ0v) is 11.8. The predicted molar refractivity (Wildman–Crippen MR) is 79.9 cm³/mol. The summed E-state index contributed by atoms with van der Waals surface area (Å²) in [6.45, 7) is 2.71. The highest BCUT2D eigenvalue weighted by Crippen LogP contribution is 2.38. The van der Waals surface area contributed by atoms with Gasteiger partial charge >= 0.3 is 0 Å². The van der Waals surface area contributed by atoms with Gasteiger partial charge < -0.3 is 10.6 Å². The zero-order valence-electron chi connectivity index (χ0n) is 11.8. The van der Waals surface area contributed by atoms with Crippen LogP contribution in [0.5, 0.6) is 0 Å². The van der Waals surface area contributed by atoms with Gasteiger partial charge in [-0.25, -0.2) is 9.97 Å². The van der Waals surface area contributed by atoms with Gasteiger partial charge in [0, 0.05) is 37.5 Å². The molecule has 1 aliphatic carbocycles. The van der Waals surface area contributed by atoms with Gasteiger partial charge in [-0.15, -0.1) is 0 Å². The van der Waals surface area contributed by atoms with E-state index in [0.29, 0.717) is 5.92 Å². The van der Waals surface area contributed by atoms with Gasteiger partial charge in [-0.2, -0.15) is 0 Å². The number of rotatable bonds is 5. The van der Waals surface area contributed by atoms with Gasteiger partial charge in [-0.3, -0.25) is 4.98 Å². The second kappa shape index (κ2) is 5.45. The molecule has 2 N–H and O–H groups in total. The lowest BCUT2D eigenvalue weighted by Gasteiger charge is -2.09. The van der Waals surface area contributed by atoms with Crippen molar-refractivity contribution in [2.24, 2.45) is 0 Å². The van der Waals surface area contributed by atoms with Crippen LogP contribution in [0.25, 0.3) is 0 Å². The van der Waals surface area contributed by atoms with Crippen molar-refractivity contribution in [3.8, 4) is 0 Å². The first kappa shape index (κ1) is 12.8. The molecule has 2 aromatic rings. The summed E-state index contributed by atoms with van der Waals surface area (Å²) >= 11 is 0. The Balaban J connectivity index is 1.72. The lowest BCUT2D eigenvalue weighted by Crippen LogP contribution is -2.06.